The van der Waals surface area contributed by atoms with E-state index in [4.69, 9.17) is 0 Å². The van der Waals surface area contributed by atoms with Gasteiger partial charge in [0.15, 0.2) is 9.84 Å². The average molecular weight is 276 g/mol. The molecule has 1 aliphatic heterocycles. The second-order valence-electron chi connectivity index (χ2n) is 6.07. The van der Waals surface area contributed by atoms with E-state index in [2.05, 4.69) is 10.2 Å². The summed E-state index contributed by atoms with van der Waals surface area (Å²) in [6, 6.07) is 0.571. The summed E-state index contributed by atoms with van der Waals surface area (Å²) >= 11 is 0. The molecule has 0 amide bonds. The van der Waals surface area contributed by atoms with E-state index in [1.54, 1.807) is 0 Å². The van der Waals surface area contributed by atoms with Gasteiger partial charge in [0.2, 0.25) is 0 Å². The lowest BCUT2D eigenvalue weighted by Crippen LogP contribution is -2.59. The van der Waals surface area contributed by atoms with Crippen LogP contribution in [0.15, 0.2) is 0 Å². The summed E-state index contributed by atoms with van der Waals surface area (Å²) in [6.07, 6.45) is 2.36. The molecule has 0 aromatic carbocycles. The third-order valence-corrected chi connectivity index (χ3v) is 5.63. The van der Waals surface area contributed by atoms with Gasteiger partial charge < -0.3 is 10.4 Å². The van der Waals surface area contributed by atoms with Gasteiger partial charge in [0.25, 0.3) is 0 Å². The topological polar surface area (TPSA) is 69.6 Å². The molecule has 1 saturated carbocycles. The molecule has 5 nitrogen and oxygen atoms in total. The van der Waals surface area contributed by atoms with Crippen LogP contribution in [0.4, 0.5) is 0 Å². The van der Waals surface area contributed by atoms with E-state index in [-0.39, 0.29) is 29.7 Å². The first-order valence-electron chi connectivity index (χ1n) is 6.67. The van der Waals surface area contributed by atoms with Gasteiger partial charge in [-0.1, -0.05) is 0 Å². The molecule has 0 aromatic heterocycles. The van der Waals surface area contributed by atoms with Gasteiger partial charge in [-0.05, 0) is 26.7 Å². The van der Waals surface area contributed by atoms with E-state index < -0.39 is 9.84 Å². The summed E-state index contributed by atoms with van der Waals surface area (Å²) in [6.45, 7) is 5.33. The van der Waals surface area contributed by atoms with Crippen molar-refractivity contribution in [3.05, 3.63) is 0 Å². The lowest BCUT2D eigenvalue weighted by molar-refractivity contribution is 0.103. The Hall–Kier alpha value is -0.170. The normalized spacial score (nSPS) is 32.1. The molecule has 0 bridgehead atoms. The molecular formula is C12H24N2O3S. The lowest BCUT2D eigenvalue weighted by Gasteiger charge is -2.40. The van der Waals surface area contributed by atoms with Gasteiger partial charge in [-0.3, -0.25) is 4.90 Å². The molecule has 0 spiro atoms. The van der Waals surface area contributed by atoms with E-state index in [0.717, 1.165) is 0 Å². The Morgan fingerprint density at radius 2 is 2.11 bits per heavy atom. The first-order valence-corrected chi connectivity index (χ1v) is 8.49. The molecular weight excluding hydrogens is 252 g/mol. The fourth-order valence-corrected chi connectivity index (χ4v) is 4.20. The van der Waals surface area contributed by atoms with Gasteiger partial charge >= 0.3 is 0 Å². The van der Waals surface area contributed by atoms with Crippen LogP contribution in [0, 0.1) is 0 Å². The number of aliphatic hydroxyl groups excluding tert-OH is 1. The van der Waals surface area contributed by atoms with E-state index in [1.807, 2.05) is 13.8 Å². The molecule has 1 saturated heterocycles. The fourth-order valence-electron chi connectivity index (χ4n) is 2.58. The van der Waals surface area contributed by atoms with Crippen LogP contribution in [0.1, 0.15) is 26.7 Å². The summed E-state index contributed by atoms with van der Waals surface area (Å²) in [4.78, 5) is 2.17. The van der Waals surface area contributed by atoms with Gasteiger partial charge in [0, 0.05) is 25.2 Å². The monoisotopic (exact) mass is 276 g/mol. The smallest absolute Gasteiger partial charge is 0.153 e. The van der Waals surface area contributed by atoms with Gasteiger partial charge in [-0.2, -0.15) is 0 Å². The van der Waals surface area contributed by atoms with Crippen molar-refractivity contribution in [3.8, 4) is 0 Å². The minimum absolute atomic E-state index is 0.0376. The predicted molar refractivity (Wildman–Crippen MR) is 71.3 cm³/mol. The molecule has 1 heterocycles. The highest BCUT2D eigenvalue weighted by molar-refractivity contribution is 7.91. The minimum Gasteiger partial charge on any atom is -0.394 e. The maximum Gasteiger partial charge on any atom is 0.153 e. The van der Waals surface area contributed by atoms with Crippen LogP contribution >= 0.6 is 0 Å². The Balaban J connectivity index is 1.94. The molecule has 2 rings (SSSR count). The molecule has 1 aliphatic carbocycles. The van der Waals surface area contributed by atoms with Crippen molar-refractivity contribution in [2.75, 3.05) is 31.2 Å². The Kier molecular flexibility index (Phi) is 4.02. The van der Waals surface area contributed by atoms with Gasteiger partial charge in [-0.25, -0.2) is 8.42 Å². The zero-order valence-corrected chi connectivity index (χ0v) is 12.0. The Bertz CT molecular complexity index is 394. The highest BCUT2D eigenvalue weighted by Crippen LogP contribution is 2.24. The van der Waals surface area contributed by atoms with Crippen LogP contribution in [0.25, 0.3) is 0 Å². The van der Waals surface area contributed by atoms with Gasteiger partial charge in [0.1, 0.15) is 0 Å². The molecule has 18 heavy (non-hydrogen) atoms. The summed E-state index contributed by atoms with van der Waals surface area (Å²) in [5.41, 5.74) is -0.323. The van der Waals surface area contributed by atoms with Gasteiger partial charge in [-0.15, -0.1) is 0 Å². The number of nitrogens with one attached hydrogen (secondary N) is 1. The Morgan fingerprint density at radius 1 is 1.44 bits per heavy atom. The van der Waals surface area contributed by atoms with Crippen LogP contribution in [-0.4, -0.2) is 67.2 Å². The molecule has 2 N–H and O–H groups in total. The Morgan fingerprint density at radius 3 is 2.61 bits per heavy atom. The van der Waals surface area contributed by atoms with E-state index >= 15 is 0 Å². The first-order chi connectivity index (χ1) is 8.34. The molecule has 0 aromatic rings. The van der Waals surface area contributed by atoms with E-state index in [0.29, 0.717) is 19.1 Å². The van der Waals surface area contributed by atoms with E-state index in [1.165, 1.54) is 12.8 Å². The van der Waals surface area contributed by atoms with Crippen molar-refractivity contribution < 1.29 is 13.5 Å². The predicted octanol–water partition coefficient (Wildman–Crippen LogP) is -0.392. The third-order valence-electron chi connectivity index (χ3n) is 3.84. The molecule has 2 unspecified atom stereocenters. The van der Waals surface area contributed by atoms with Crippen LogP contribution in [0.2, 0.25) is 0 Å². The van der Waals surface area contributed by atoms with Crippen molar-refractivity contribution >= 4 is 9.84 Å². The number of rotatable bonds is 5. The molecule has 0 radical (unpaired) electrons. The van der Waals surface area contributed by atoms with Crippen LogP contribution in [0.3, 0.4) is 0 Å². The number of hydrogen-bond acceptors (Lipinski definition) is 5. The zero-order valence-electron chi connectivity index (χ0n) is 11.2. The number of aliphatic hydroxyl groups is 1. The zero-order chi connectivity index (χ0) is 13.4. The summed E-state index contributed by atoms with van der Waals surface area (Å²) in [5, 5.41) is 13.0. The quantitative estimate of drug-likeness (QED) is 0.715. The average Bonchev–Trinajstić information content (AvgIpc) is 3.06. The highest BCUT2D eigenvalue weighted by atomic mass is 32.2. The largest absolute Gasteiger partial charge is 0.394 e. The molecule has 6 heteroatoms. The maximum absolute atomic E-state index is 11.5. The van der Waals surface area contributed by atoms with Crippen LogP contribution in [-0.2, 0) is 9.84 Å². The number of hydrogen-bond donors (Lipinski definition) is 2. The van der Waals surface area contributed by atoms with E-state index in [9.17, 15) is 13.5 Å². The summed E-state index contributed by atoms with van der Waals surface area (Å²) in [7, 11) is -2.86. The van der Waals surface area contributed by atoms with Crippen molar-refractivity contribution in [2.45, 2.75) is 44.3 Å². The summed E-state index contributed by atoms with van der Waals surface area (Å²) in [5.74, 6) is 0.472. The van der Waals surface area contributed by atoms with Crippen molar-refractivity contribution in [1.29, 1.82) is 0 Å². The molecule has 2 aliphatic rings. The highest BCUT2D eigenvalue weighted by Gasteiger charge is 2.36. The van der Waals surface area contributed by atoms with Crippen molar-refractivity contribution in [3.63, 3.8) is 0 Å². The SMILES string of the molecule is CC1CS(=O)(=O)CCN1CC(C)(CO)NC1CC1. The Labute approximate surface area is 109 Å². The molecule has 2 fully saturated rings. The van der Waals surface area contributed by atoms with Crippen LogP contribution < -0.4 is 5.32 Å². The van der Waals surface area contributed by atoms with Crippen LogP contribution in [0.5, 0.6) is 0 Å². The minimum atomic E-state index is -2.86. The van der Waals surface area contributed by atoms with Gasteiger partial charge in [0.05, 0.1) is 23.7 Å². The molecule has 106 valence electrons. The second-order valence-corrected chi connectivity index (χ2v) is 8.30. The lowest BCUT2D eigenvalue weighted by atomic mass is 10.0. The summed E-state index contributed by atoms with van der Waals surface area (Å²) < 4.78 is 23.1. The standard InChI is InChI=1S/C12H24N2O3S/c1-10-7-18(16,17)6-5-14(10)8-12(2,9-15)13-11-3-4-11/h10-11,13,15H,3-9H2,1-2H3. The number of nitrogens with zero attached hydrogens (tertiary/aromatic N) is 1. The first kappa shape index (κ1) is 14.2. The second kappa shape index (κ2) is 5.07. The fraction of sp³-hybridized carbons (Fsp3) is 1.00. The maximum atomic E-state index is 11.5. The molecule has 2 atom stereocenters. The van der Waals surface area contributed by atoms with Crippen molar-refractivity contribution in [1.82, 2.24) is 10.2 Å². The third kappa shape index (κ3) is 3.66. The van der Waals surface area contributed by atoms with Crippen molar-refractivity contribution in [2.24, 2.45) is 0 Å². The number of sulfone groups is 1.